The van der Waals surface area contributed by atoms with Gasteiger partial charge in [0.2, 0.25) is 0 Å². The van der Waals surface area contributed by atoms with Crippen molar-refractivity contribution >= 4 is 17.4 Å². The number of fused-ring (bicyclic) bond motifs is 1. The van der Waals surface area contributed by atoms with Crippen molar-refractivity contribution in [3.63, 3.8) is 0 Å². The van der Waals surface area contributed by atoms with Gasteiger partial charge in [-0.25, -0.2) is 4.98 Å². The van der Waals surface area contributed by atoms with Crippen molar-refractivity contribution < 1.29 is 14.2 Å². The van der Waals surface area contributed by atoms with Crippen molar-refractivity contribution in [2.75, 3.05) is 27.1 Å². The number of rotatable bonds is 10. The highest BCUT2D eigenvalue weighted by Crippen LogP contribution is 2.36. The minimum Gasteiger partial charge on any atom is -0.490 e. The molecule has 0 fully saturated rings. The van der Waals surface area contributed by atoms with Crippen LogP contribution in [0.4, 0.5) is 0 Å². The first kappa shape index (κ1) is 23.9. The van der Waals surface area contributed by atoms with Crippen LogP contribution in [0.15, 0.2) is 41.4 Å². The van der Waals surface area contributed by atoms with Gasteiger partial charge in [0.1, 0.15) is 29.6 Å². The molecule has 0 aliphatic rings. The van der Waals surface area contributed by atoms with Crippen LogP contribution in [0.2, 0.25) is 0 Å². The van der Waals surface area contributed by atoms with E-state index in [-0.39, 0.29) is 12.7 Å². The number of nitriles is 1. The normalized spacial score (nSPS) is 14.0. The number of methoxy groups -OCH3 is 2. The van der Waals surface area contributed by atoms with Gasteiger partial charge in [0.25, 0.3) is 0 Å². The smallest absolute Gasteiger partial charge is 0.199 e. The molecule has 2 heterocycles. The molecular weight excluding hydrogens is 424 g/mol. The number of aromatic nitrogens is 2. The highest BCUT2D eigenvalue weighted by atomic mass is 32.2. The maximum atomic E-state index is 9.86. The zero-order valence-electron chi connectivity index (χ0n) is 19.2. The Morgan fingerprint density at radius 2 is 2.06 bits per heavy atom. The number of pyridine rings is 1. The summed E-state index contributed by atoms with van der Waals surface area (Å²) in [5.74, 6) is 1.17. The van der Waals surface area contributed by atoms with Crippen LogP contribution in [0.5, 0.6) is 11.6 Å². The molecule has 2 atom stereocenters. The van der Waals surface area contributed by atoms with Crippen LogP contribution in [0.25, 0.3) is 16.9 Å². The fourth-order valence-corrected chi connectivity index (χ4v) is 4.53. The second kappa shape index (κ2) is 10.3. The van der Waals surface area contributed by atoms with E-state index in [1.165, 1.54) is 11.8 Å². The van der Waals surface area contributed by atoms with Gasteiger partial charge in [-0.15, -0.1) is 11.8 Å². The standard InChI is InChI=1S/C24H30N4O3S/c1-6-21(29-3)24(26,7-2)15-31-19-11-16(12-20(32-5)17(19)13-25)18-14-27-22-9-8-10-23(30-4)28(18)22/h8-12,14,21H,6-7,15,26H2,1-5H3. The van der Waals surface area contributed by atoms with Gasteiger partial charge < -0.3 is 19.9 Å². The summed E-state index contributed by atoms with van der Waals surface area (Å²) in [5.41, 5.74) is 8.97. The minimum absolute atomic E-state index is 0.149. The Morgan fingerprint density at radius 1 is 1.28 bits per heavy atom. The summed E-state index contributed by atoms with van der Waals surface area (Å²) in [6.07, 6.45) is 5.04. The largest absolute Gasteiger partial charge is 0.490 e. The van der Waals surface area contributed by atoms with Crippen LogP contribution < -0.4 is 15.2 Å². The number of nitrogens with two attached hydrogens (primary N) is 1. The number of nitrogens with zero attached hydrogens (tertiary/aromatic N) is 3. The summed E-state index contributed by atoms with van der Waals surface area (Å²) in [6, 6.07) is 11.8. The van der Waals surface area contributed by atoms with Crippen LogP contribution in [0, 0.1) is 11.3 Å². The van der Waals surface area contributed by atoms with Gasteiger partial charge in [0.15, 0.2) is 5.88 Å². The Labute approximate surface area is 193 Å². The molecule has 0 saturated carbocycles. The van der Waals surface area contributed by atoms with Crippen molar-refractivity contribution in [2.24, 2.45) is 5.73 Å². The van der Waals surface area contributed by atoms with Crippen LogP contribution in [-0.4, -0.2) is 48.1 Å². The molecule has 0 spiro atoms. The van der Waals surface area contributed by atoms with E-state index in [0.29, 0.717) is 23.6 Å². The SMILES string of the molecule is CCC(OC)C(N)(CC)COc1cc(-c2cnc3cccc(OC)n23)cc(SC)c1C#N. The van der Waals surface area contributed by atoms with E-state index < -0.39 is 5.54 Å². The summed E-state index contributed by atoms with van der Waals surface area (Å²) in [7, 11) is 3.29. The first-order chi connectivity index (χ1) is 15.5. The van der Waals surface area contributed by atoms with Gasteiger partial charge in [0, 0.05) is 17.6 Å². The maximum Gasteiger partial charge on any atom is 0.199 e. The number of benzene rings is 1. The van der Waals surface area contributed by atoms with E-state index in [9.17, 15) is 5.26 Å². The van der Waals surface area contributed by atoms with Crippen LogP contribution in [0.3, 0.4) is 0 Å². The highest BCUT2D eigenvalue weighted by Gasteiger charge is 2.34. The first-order valence-electron chi connectivity index (χ1n) is 10.5. The molecule has 3 rings (SSSR count). The molecule has 32 heavy (non-hydrogen) atoms. The third-order valence-corrected chi connectivity index (χ3v) is 6.61. The van der Waals surface area contributed by atoms with Gasteiger partial charge in [0.05, 0.1) is 30.6 Å². The zero-order valence-corrected chi connectivity index (χ0v) is 20.0. The molecule has 0 saturated heterocycles. The second-order valence-electron chi connectivity index (χ2n) is 7.58. The number of hydrogen-bond acceptors (Lipinski definition) is 7. The lowest BCUT2D eigenvalue weighted by molar-refractivity contribution is 0.00807. The molecule has 1 aromatic carbocycles. The summed E-state index contributed by atoms with van der Waals surface area (Å²) < 4.78 is 19.3. The molecule has 2 aromatic heterocycles. The van der Waals surface area contributed by atoms with Crippen LogP contribution in [-0.2, 0) is 4.74 Å². The van der Waals surface area contributed by atoms with Gasteiger partial charge >= 0.3 is 0 Å². The Bertz CT molecular complexity index is 1120. The Morgan fingerprint density at radius 3 is 2.66 bits per heavy atom. The average molecular weight is 455 g/mol. The van der Waals surface area contributed by atoms with E-state index >= 15 is 0 Å². The van der Waals surface area contributed by atoms with Gasteiger partial charge in [-0.3, -0.25) is 4.40 Å². The second-order valence-corrected chi connectivity index (χ2v) is 8.42. The topological polar surface area (TPSA) is 94.8 Å². The van der Waals surface area contributed by atoms with Crippen LogP contribution in [0.1, 0.15) is 32.3 Å². The lowest BCUT2D eigenvalue weighted by Gasteiger charge is -2.35. The molecule has 2 N–H and O–H groups in total. The fourth-order valence-electron chi connectivity index (χ4n) is 3.93. The molecule has 2 unspecified atom stereocenters. The quantitative estimate of drug-likeness (QED) is 0.450. The van der Waals surface area contributed by atoms with Gasteiger partial charge in [-0.1, -0.05) is 19.9 Å². The molecule has 0 aliphatic heterocycles. The number of hydrogen-bond donors (Lipinski definition) is 1. The number of thioether (sulfide) groups is 1. The molecule has 7 nitrogen and oxygen atoms in total. The Hall–Kier alpha value is -2.73. The predicted octanol–water partition coefficient (Wildman–Crippen LogP) is 4.51. The molecule has 8 heteroatoms. The maximum absolute atomic E-state index is 9.86. The number of imidazole rings is 1. The molecule has 0 radical (unpaired) electrons. The Balaban J connectivity index is 2.09. The van der Waals surface area contributed by atoms with Gasteiger partial charge in [-0.2, -0.15) is 5.26 Å². The van der Waals surface area contributed by atoms with Crippen molar-refractivity contribution in [1.82, 2.24) is 9.38 Å². The molecule has 0 bridgehead atoms. The van der Waals surface area contributed by atoms with E-state index in [0.717, 1.165) is 28.2 Å². The van der Waals surface area contributed by atoms with Crippen molar-refractivity contribution in [3.05, 3.63) is 42.1 Å². The van der Waals surface area contributed by atoms with Crippen molar-refractivity contribution in [2.45, 2.75) is 43.2 Å². The zero-order chi connectivity index (χ0) is 23.3. The van der Waals surface area contributed by atoms with Crippen molar-refractivity contribution in [3.8, 4) is 29.0 Å². The van der Waals surface area contributed by atoms with E-state index in [4.69, 9.17) is 19.9 Å². The lowest BCUT2D eigenvalue weighted by atomic mass is 9.89. The lowest BCUT2D eigenvalue weighted by Crippen LogP contribution is -2.55. The van der Waals surface area contributed by atoms with Gasteiger partial charge in [-0.05, 0) is 43.4 Å². The predicted molar refractivity (Wildman–Crippen MR) is 127 cm³/mol. The summed E-state index contributed by atoms with van der Waals surface area (Å²) in [5, 5.41) is 9.86. The monoisotopic (exact) mass is 454 g/mol. The highest BCUT2D eigenvalue weighted by molar-refractivity contribution is 7.98. The van der Waals surface area contributed by atoms with Crippen molar-refractivity contribution in [1.29, 1.82) is 5.26 Å². The molecular formula is C24H30N4O3S. The summed E-state index contributed by atoms with van der Waals surface area (Å²) in [6.45, 7) is 4.29. The first-order valence-corrected chi connectivity index (χ1v) is 11.8. The Kier molecular flexibility index (Phi) is 7.67. The third kappa shape index (κ3) is 4.42. The third-order valence-electron chi connectivity index (χ3n) is 5.85. The van der Waals surface area contributed by atoms with E-state index in [2.05, 4.69) is 11.1 Å². The summed E-state index contributed by atoms with van der Waals surface area (Å²) in [4.78, 5) is 5.33. The number of ether oxygens (including phenoxy) is 3. The molecule has 170 valence electrons. The average Bonchev–Trinajstić information content (AvgIpc) is 3.27. The minimum atomic E-state index is -0.668. The summed E-state index contributed by atoms with van der Waals surface area (Å²) >= 11 is 1.50. The van der Waals surface area contributed by atoms with E-state index in [1.54, 1.807) is 20.4 Å². The van der Waals surface area contributed by atoms with E-state index in [1.807, 2.05) is 54.8 Å². The fraction of sp³-hybridized carbons (Fsp3) is 0.417. The molecule has 0 amide bonds. The molecule has 0 aliphatic carbocycles. The van der Waals surface area contributed by atoms with Crippen LogP contribution >= 0.6 is 11.8 Å². The molecule has 3 aromatic rings.